The van der Waals surface area contributed by atoms with Gasteiger partial charge in [0.1, 0.15) is 0 Å². The van der Waals surface area contributed by atoms with E-state index in [1.165, 1.54) is 0 Å². The van der Waals surface area contributed by atoms with Crippen LogP contribution in [0.1, 0.15) is 11.1 Å². The molecule has 0 aliphatic rings. The van der Waals surface area contributed by atoms with Gasteiger partial charge in [0.05, 0.1) is 0 Å². The zero-order valence-electron chi connectivity index (χ0n) is 5.52. The number of hydrogen-bond donors (Lipinski definition) is 1. The van der Waals surface area contributed by atoms with Crippen LogP contribution in [0.4, 0.5) is 5.69 Å². The Hall–Kier alpha value is -0.980. The molecule has 47 valence electrons. The first-order valence-electron chi connectivity index (χ1n) is 2.88. The molecule has 1 heteroatoms. The molecule has 1 rings (SSSR count). The highest BCUT2D eigenvalue weighted by molar-refractivity contribution is 5.48. The van der Waals surface area contributed by atoms with Crippen molar-refractivity contribution in [3.63, 3.8) is 0 Å². The van der Waals surface area contributed by atoms with E-state index in [0.717, 1.165) is 16.8 Å². The van der Waals surface area contributed by atoms with Crippen LogP contribution in [0.25, 0.3) is 0 Å². The summed E-state index contributed by atoms with van der Waals surface area (Å²) >= 11 is 0. The highest BCUT2D eigenvalue weighted by Gasteiger charge is 1.89. The summed E-state index contributed by atoms with van der Waals surface area (Å²) in [5.41, 5.74) is 8.51. The second-order valence-electron chi connectivity index (χ2n) is 2.19. The van der Waals surface area contributed by atoms with Gasteiger partial charge in [-0.2, -0.15) is 0 Å². The summed E-state index contributed by atoms with van der Waals surface area (Å²) < 4.78 is 0. The zero-order chi connectivity index (χ0) is 6.85. The van der Waals surface area contributed by atoms with Crippen LogP contribution in [0.5, 0.6) is 0 Å². The van der Waals surface area contributed by atoms with E-state index >= 15 is 0 Å². The number of rotatable bonds is 0. The summed E-state index contributed by atoms with van der Waals surface area (Å²) in [5.74, 6) is 0. The van der Waals surface area contributed by atoms with Gasteiger partial charge in [-0.25, -0.2) is 0 Å². The molecule has 0 atom stereocenters. The molecule has 0 amide bonds. The maximum atomic E-state index is 5.56. The van der Waals surface area contributed by atoms with E-state index in [0.29, 0.717) is 0 Å². The molecule has 0 fully saturated rings. The van der Waals surface area contributed by atoms with Gasteiger partial charge in [-0.15, -0.1) is 0 Å². The minimum Gasteiger partial charge on any atom is -0.399 e. The summed E-state index contributed by atoms with van der Waals surface area (Å²) in [7, 11) is 0. The van der Waals surface area contributed by atoms with E-state index in [4.69, 9.17) is 5.73 Å². The van der Waals surface area contributed by atoms with Gasteiger partial charge < -0.3 is 5.73 Å². The van der Waals surface area contributed by atoms with Crippen molar-refractivity contribution in [2.24, 2.45) is 0 Å². The van der Waals surface area contributed by atoms with Gasteiger partial charge in [0.15, 0.2) is 0 Å². The SMILES string of the molecule is [CH2]c1ccc(N)c(C)c1. The highest BCUT2D eigenvalue weighted by atomic mass is 14.5. The Bertz CT molecular complexity index is 216. The van der Waals surface area contributed by atoms with Crippen molar-refractivity contribution in [2.75, 3.05) is 5.73 Å². The molecular weight excluding hydrogens is 110 g/mol. The summed E-state index contributed by atoms with van der Waals surface area (Å²) in [6.45, 7) is 5.74. The quantitative estimate of drug-likeness (QED) is 0.519. The number of hydrogen-bond acceptors (Lipinski definition) is 1. The Morgan fingerprint density at radius 3 is 2.56 bits per heavy atom. The summed E-state index contributed by atoms with van der Waals surface area (Å²) in [6, 6.07) is 5.75. The Kier molecular flexibility index (Phi) is 1.43. The molecule has 0 saturated heterocycles. The normalized spacial score (nSPS) is 9.56. The number of benzene rings is 1. The molecule has 0 saturated carbocycles. The molecule has 1 aromatic rings. The van der Waals surface area contributed by atoms with Crippen LogP contribution in [0.15, 0.2) is 18.2 Å². The smallest absolute Gasteiger partial charge is 0.0343 e. The Labute approximate surface area is 55.5 Å². The minimum atomic E-state index is 0.836. The molecule has 0 aliphatic carbocycles. The second kappa shape index (κ2) is 2.09. The van der Waals surface area contributed by atoms with E-state index < -0.39 is 0 Å². The zero-order valence-corrected chi connectivity index (χ0v) is 5.52. The van der Waals surface area contributed by atoms with Crippen LogP contribution in [-0.4, -0.2) is 0 Å². The third-order valence-electron chi connectivity index (χ3n) is 1.33. The topological polar surface area (TPSA) is 26.0 Å². The van der Waals surface area contributed by atoms with Gasteiger partial charge in [0, 0.05) is 5.69 Å². The number of nitrogens with two attached hydrogens (primary N) is 1. The van der Waals surface area contributed by atoms with Crippen molar-refractivity contribution in [3.05, 3.63) is 36.2 Å². The van der Waals surface area contributed by atoms with E-state index in [-0.39, 0.29) is 0 Å². The number of nitrogen functional groups attached to an aromatic ring is 1. The fourth-order valence-corrected chi connectivity index (χ4v) is 0.738. The Balaban J connectivity index is 3.17. The monoisotopic (exact) mass is 120 g/mol. The third kappa shape index (κ3) is 1.22. The molecule has 1 nitrogen and oxygen atoms in total. The van der Waals surface area contributed by atoms with Crippen molar-refractivity contribution >= 4 is 5.69 Å². The standard InChI is InChI=1S/C8H10N/c1-6-3-4-8(9)7(2)5-6/h3-5H,1,9H2,2H3. The van der Waals surface area contributed by atoms with Gasteiger partial charge in [0.2, 0.25) is 0 Å². The molecular formula is C8H10N. The molecule has 0 heterocycles. The number of aryl methyl sites for hydroxylation is 1. The van der Waals surface area contributed by atoms with Crippen molar-refractivity contribution in [3.8, 4) is 0 Å². The Morgan fingerprint density at radius 1 is 1.44 bits per heavy atom. The summed E-state index contributed by atoms with van der Waals surface area (Å²) in [5, 5.41) is 0. The molecule has 0 aliphatic heterocycles. The van der Waals surface area contributed by atoms with E-state index in [1.807, 2.05) is 25.1 Å². The molecule has 0 spiro atoms. The molecule has 0 aromatic heterocycles. The maximum Gasteiger partial charge on any atom is 0.0343 e. The average molecular weight is 120 g/mol. The molecule has 1 aromatic carbocycles. The van der Waals surface area contributed by atoms with Crippen LogP contribution in [0, 0.1) is 13.8 Å². The van der Waals surface area contributed by atoms with Gasteiger partial charge in [0.25, 0.3) is 0 Å². The van der Waals surface area contributed by atoms with Gasteiger partial charge in [-0.1, -0.05) is 12.1 Å². The lowest BCUT2D eigenvalue weighted by molar-refractivity contribution is 1.44. The predicted octanol–water partition coefficient (Wildman–Crippen LogP) is 1.76. The van der Waals surface area contributed by atoms with Crippen LogP contribution in [-0.2, 0) is 0 Å². The predicted molar refractivity (Wildman–Crippen MR) is 40.1 cm³/mol. The summed E-state index contributed by atoms with van der Waals surface area (Å²) in [6.07, 6.45) is 0. The van der Waals surface area contributed by atoms with Crippen LogP contribution in [0.3, 0.4) is 0 Å². The minimum absolute atomic E-state index is 0.836. The van der Waals surface area contributed by atoms with Gasteiger partial charge in [-0.05, 0) is 31.0 Å². The highest BCUT2D eigenvalue weighted by Crippen LogP contribution is 2.10. The second-order valence-corrected chi connectivity index (χ2v) is 2.19. The van der Waals surface area contributed by atoms with Crippen LogP contribution >= 0.6 is 0 Å². The molecule has 1 radical (unpaired) electrons. The van der Waals surface area contributed by atoms with Crippen molar-refractivity contribution in [1.82, 2.24) is 0 Å². The molecule has 0 bridgehead atoms. The van der Waals surface area contributed by atoms with Gasteiger partial charge in [-0.3, -0.25) is 0 Å². The summed E-state index contributed by atoms with van der Waals surface area (Å²) in [4.78, 5) is 0. The van der Waals surface area contributed by atoms with Crippen LogP contribution < -0.4 is 5.73 Å². The lowest BCUT2D eigenvalue weighted by Crippen LogP contribution is -1.88. The van der Waals surface area contributed by atoms with E-state index in [1.54, 1.807) is 0 Å². The first-order chi connectivity index (χ1) is 4.20. The first-order valence-corrected chi connectivity index (χ1v) is 2.88. The van der Waals surface area contributed by atoms with Crippen molar-refractivity contribution in [1.29, 1.82) is 0 Å². The van der Waals surface area contributed by atoms with E-state index in [2.05, 4.69) is 6.92 Å². The largest absolute Gasteiger partial charge is 0.399 e. The molecule has 0 unspecified atom stereocenters. The van der Waals surface area contributed by atoms with Crippen molar-refractivity contribution < 1.29 is 0 Å². The average Bonchev–Trinajstić information content (AvgIpc) is 1.80. The maximum absolute atomic E-state index is 5.56. The fourth-order valence-electron chi connectivity index (χ4n) is 0.738. The lowest BCUT2D eigenvalue weighted by Gasteiger charge is -1.98. The van der Waals surface area contributed by atoms with Crippen molar-refractivity contribution in [2.45, 2.75) is 6.92 Å². The first kappa shape index (κ1) is 6.14. The third-order valence-corrected chi connectivity index (χ3v) is 1.33. The fraction of sp³-hybridized carbons (Fsp3) is 0.125. The van der Waals surface area contributed by atoms with Crippen LogP contribution in [0.2, 0.25) is 0 Å². The molecule has 2 N–H and O–H groups in total. The molecule has 9 heavy (non-hydrogen) atoms. The Morgan fingerprint density at radius 2 is 2.11 bits per heavy atom. The lowest BCUT2D eigenvalue weighted by atomic mass is 10.1. The number of anilines is 1. The van der Waals surface area contributed by atoms with E-state index in [9.17, 15) is 0 Å². The van der Waals surface area contributed by atoms with Gasteiger partial charge >= 0.3 is 0 Å².